The van der Waals surface area contributed by atoms with E-state index in [1.54, 1.807) is 19.1 Å². The number of fused-ring (bicyclic) bond motifs is 1. The molecule has 1 aromatic heterocycles. The van der Waals surface area contributed by atoms with Gasteiger partial charge in [0, 0.05) is 21.2 Å². The molecule has 2 aromatic carbocycles. The van der Waals surface area contributed by atoms with E-state index in [1.165, 1.54) is 23.5 Å². The Kier molecular flexibility index (Phi) is 5.58. The smallest absolute Gasteiger partial charge is 0.310 e. The fourth-order valence-corrected chi connectivity index (χ4v) is 4.85. The van der Waals surface area contributed by atoms with Gasteiger partial charge in [-0.15, -0.1) is 11.3 Å². The van der Waals surface area contributed by atoms with Crippen molar-refractivity contribution in [2.75, 3.05) is 6.61 Å². The standard InChI is InChI=1S/C19H18O5S2/c1-2-24-19(22)7-13-10-25-18-9-15(5-6-16(13)18)26(23)11-12-3-4-14(20)8-17(12)21/h3-6,8-10,20-21H,2,7,11H2,1H3. The fourth-order valence-electron chi connectivity index (χ4n) is 2.61. The van der Waals surface area contributed by atoms with Crippen molar-refractivity contribution in [2.24, 2.45) is 0 Å². The molecule has 0 saturated carbocycles. The second-order valence-electron chi connectivity index (χ2n) is 5.70. The topological polar surface area (TPSA) is 83.8 Å². The summed E-state index contributed by atoms with van der Waals surface area (Å²) >= 11 is 1.49. The molecule has 136 valence electrons. The average Bonchev–Trinajstić information content (AvgIpc) is 2.99. The Morgan fingerprint density at radius 3 is 2.69 bits per heavy atom. The molecule has 3 aromatic rings. The molecular formula is C19H18O5S2. The predicted molar refractivity (Wildman–Crippen MR) is 102 cm³/mol. The van der Waals surface area contributed by atoms with Gasteiger partial charge in [0.05, 0.1) is 29.6 Å². The van der Waals surface area contributed by atoms with Gasteiger partial charge in [-0.1, -0.05) is 12.1 Å². The molecule has 7 heteroatoms. The normalized spacial score (nSPS) is 12.2. The van der Waals surface area contributed by atoms with Crippen molar-refractivity contribution in [1.29, 1.82) is 0 Å². The lowest BCUT2D eigenvalue weighted by atomic mass is 10.1. The SMILES string of the molecule is CCOC(=O)Cc1csc2cc(S(=O)Cc3ccc(O)cc3O)ccc12. The summed E-state index contributed by atoms with van der Waals surface area (Å²) < 4.78 is 18.6. The van der Waals surface area contributed by atoms with Crippen LogP contribution in [0.1, 0.15) is 18.1 Å². The van der Waals surface area contributed by atoms with Crippen molar-refractivity contribution in [3.8, 4) is 11.5 Å². The van der Waals surface area contributed by atoms with E-state index in [-0.39, 0.29) is 29.6 Å². The minimum Gasteiger partial charge on any atom is -0.508 e. The van der Waals surface area contributed by atoms with Crippen LogP contribution in [0, 0.1) is 0 Å². The van der Waals surface area contributed by atoms with Crippen LogP contribution in [-0.4, -0.2) is 27.0 Å². The van der Waals surface area contributed by atoms with Crippen molar-refractivity contribution < 1.29 is 24.0 Å². The van der Waals surface area contributed by atoms with Crippen molar-refractivity contribution >= 4 is 38.2 Å². The molecule has 1 heterocycles. The Bertz CT molecular complexity index is 977. The summed E-state index contributed by atoms with van der Waals surface area (Å²) in [6.07, 6.45) is 0.220. The zero-order valence-corrected chi connectivity index (χ0v) is 15.7. The number of carbonyl (C=O) groups excluding carboxylic acids is 1. The maximum absolute atomic E-state index is 12.6. The second kappa shape index (κ2) is 7.88. The van der Waals surface area contributed by atoms with Gasteiger partial charge in [-0.25, -0.2) is 0 Å². The van der Waals surface area contributed by atoms with Gasteiger partial charge in [0.25, 0.3) is 0 Å². The van der Waals surface area contributed by atoms with Crippen molar-refractivity contribution in [3.05, 3.63) is 52.9 Å². The number of carbonyl (C=O) groups is 1. The highest BCUT2D eigenvalue weighted by atomic mass is 32.2. The van der Waals surface area contributed by atoms with E-state index < -0.39 is 10.8 Å². The molecule has 0 aliphatic rings. The number of phenolic OH excluding ortho intramolecular Hbond substituents is 2. The molecule has 26 heavy (non-hydrogen) atoms. The molecule has 0 fully saturated rings. The molecule has 1 unspecified atom stereocenters. The number of aromatic hydroxyl groups is 2. The molecule has 0 aliphatic carbocycles. The van der Waals surface area contributed by atoms with Crippen LogP contribution in [0.25, 0.3) is 10.1 Å². The predicted octanol–water partition coefficient (Wildman–Crippen LogP) is 3.73. The Morgan fingerprint density at radius 1 is 1.15 bits per heavy atom. The molecule has 1 atom stereocenters. The number of hydrogen-bond donors (Lipinski definition) is 2. The van der Waals surface area contributed by atoms with Crippen LogP contribution in [0.5, 0.6) is 11.5 Å². The lowest BCUT2D eigenvalue weighted by Crippen LogP contribution is -2.06. The van der Waals surface area contributed by atoms with Gasteiger partial charge in [0.15, 0.2) is 0 Å². The molecule has 5 nitrogen and oxygen atoms in total. The maximum atomic E-state index is 12.6. The van der Waals surface area contributed by atoms with E-state index in [0.29, 0.717) is 17.1 Å². The number of hydrogen-bond acceptors (Lipinski definition) is 6. The van der Waals surface area contributed by atoms with Crippen LogP contribution in [0.3, 0.4) is 0 Å². The van der Waals surface area contributed by atoms with Crippen LogP contribution in [0.2, 0.25) is 0 Å². The molecule has 0 bridgehead atoms. The number of thiophene rings is 1. The lowest BCUT2D eigenvalue weighted by Gasteiger charge is -2.06. The zero-order valence-electron chi connectivity index (χ0n) is 14.1. The summed E-state index contributed by atoms with van der Waals surface area (Å²) in [6.45, 7) is 2.13. The Balaban J connectivity index is 1.80. The van der Waals surface area contributed by atoms with E-state index >= 15 is 0 Å². The number of rotatable bonds is 6. The summed E-state index contributed by atoms with van der Waals surface area (Å²) in [5.41, 5.74) is 1.41. The Hall–Kier alpha value is -2.38. The third-order valence-electron chi connectivity index (χ3n) is 3.89. The van der Waals surface area contributed by atoms with Crippen molar-refractivity contribution in [3.63, 3.8) is 0 Å². The monoisotopic (exact) mass is 390 g/mol. The van der Waals surface area contributed by atoms with Gasteiger partial charge >= 0.3 is 5.97 Å². The third-order valence-corrected chi connectivity index (χ3v) is 6.23. The van der Waals surface area contributed by atoms with Crippen LogP contribution in [0.15, 0.2) is 46.7 Å². The van der Waals surface area contributed by atoms with Crippen LogP contribution in [0.4, 0.5) is 0 Å². The molecule has 0 aliphatic heterocycles. The zero-order chi connectivity index (χ0) is 18.7. The summed E-state index contributed by atoms with van der Waals surface area (Å²) in [5, 5.41) is 22.1. The van der Waals surface area contributed by atoms with E-state index in [2.05, 4.69) is 0 Å². The van der Waals surface area contributed by atoms with Crippen molar-refractivity contribution in [2.45, 2.75) is 24.0 Å². The number of benzene rings is 2. The summed E-state index contributed by atoms with van der Waals surface area (Å²) in [6, 6.07) is 9.74. The van der Waals surface area contributed by atoms with Crippen LogP contribution >= 0.6 is 11.3 Å². The van der Waals surface area contributed by atoms with E-state index in [0.717, 1.165) is 15.6 Å². The van der Waals surface area contributed by atoms with E-state index in [9.17, 15) is 19.2 Å². The fraction of sp³-hybridized carbons (Fsp3) is 0.211. The Morgan fingerprint density at radius 2 is 1.96 bits per heavy atom. The molecule has 0 saturated heterocycles. The molecule has 3 rings (SSSR count). The lowest BCUT2D eigenvalue weighted by molar-refractivity contribution is -0.142. The largest absolute Gasteiger partial charge is 0.508 e. The number of esters is 1. The molecule has 0 amide bonds. The van der Waals surface area contributed by atoms with E-state index in [1.807, 2.05) is 17.5 Å². The first-order chi connectivity index (χ1) is 12.5. The average molecular weight is 390 g/mol. The molecule has 2 N–H and O–H groups in total. The first-order valence-corrected chi connectivity index (χ1v) is 10.2. The summed E-state index contributed by atoms with van der Waals surface area (Å²) in [5.74, 6) is -0.223. The van der Waals surface area contributed by atoms with Crippen LogP contribution < -0.4 is 0 Å². The van der Waals surface area contributed by atoms with Gasteiger partial charge in [0.1, 0.15) is 11.5 Å². The third kappa shape index (κ3) is 4.05. The highest BCUT2D eigenvalue weighted by molar-refractivity contribution is 7.84. The van der Waals surface area contributed by atoms with Gasteiger partial charge in [-0.05, 0) is 41.5 Å². The minimum absolute atomic E-state index is 0.0360. The first kappa shape index (κ1) is 18.4. The first-order valence-electron chi connectivity index (χ1n) is 8.03. The van der Waals surface area contributed by atoms with Crippen molar-refractivity contribution in [1.82, 2.24) is 0 Å². The maximum Gasteiger partial charge on any atom is 0.310 e. The number of phenols is 2. The quantitative estimate of drug-likeness (QED) is 0.627. The van der Waals surface area contributed by atoms with E-state index in [4.69, 9.17) is 4.74 Å². The van der Waals surface area contributed by atoms with Crippen LogP contribution in [-0.2, 0) is 32.5 Å². The highest BCUT2D eigenvalue weighted by Crippen LogP contribution is 2.30. The van der Waals surface area contributed by atoms with Gasteiger partial charge in [-0.2, -0.15) is 0 Å². The van der Waals surface area contributed by atoms with Gasteiger partial charge in [-0.3, -0.25) is 9.00 Å². The number of ether oxygens (including phenoxy) is 1. The minimum atomic E-state index is -1.34. The summed E-state index contributed by atoms with van der Waals surface area (Å²) in [7, 11) is -1.34. The second-order valence-corrected chi connectivity index (χ2v) is 8.07. The Labute approximate surface area is 157 Å². The van der Waals surface area contributed by atoms with Gasteiger partial charge < -0.3 is 14.9 Å². The van der Waals surface area contributed by atoms with Gasteiger partial charge in [0.2, 0.25) is 0 Å². The summed E-state index contributed by atoms with van der Waals surface area (Å²) in [4.78, 5) is 12.3. The molecule has 0 spiro atoms. The molecule has 0 radical (unpaired) electrons. The molecular weight excluding hydrogens is 372 g/mol. The highest BCUT2D eigenvalue weighted by Gasteiger charge is 2.13.